The first-order chi connectivity index (χ1) is 13.5. The maximum absolute atomic E-state index is 12.1. The maximum atomic E-state index is 12.1. The molecular formula is C22H40O6. The van der Waals surface area contributed by atoms with Gasteiger partial charge in [0.15, 0.2) is 12.0 Å². The van der Waals surface area contributed by atoms with E-state index in [0.717, 1.165) is 38.5 Å². The van der Waals surface area contributed by atoms with Crippen molar-refractivity contribution in [2.75, 3.05) is 13.2 Å². The van der Waals surface area contributed by atoms with E-state index < -0.39 is 29.7 Å². The summed E-state index contributed by atoms with van der Waals surface area (Å²) in [4.78, 5) is 35.9. The number of aliphatic hydroxyl groups is 1. The molecule has 28 heavy (non-hydrogen) atoms. The van der Waals surface area contributed by atoms with Gasteiger partial charge in [0, 0.05) is 0 Å². The zero-order chi connectivity index (χ0) is 21.2. The van der Waals surface area contributed by atoms with Crippen molar-refractivity contribution < 1.29 is 29.0 Å². The van der Waals surface area contributed by atoms with Gasteiger partial charge in [0.2, 0.25) is 0 Å². The molecule has 0 radical (unpaired) electrons. The number of carbonyl (C=O) groups is 3. The van der Waals surface area contributed by atoms with Gasteiger partial charge in [-0.3, -0.25) is 9.59 Å². The predicted molar refractivity (Wildman–Crippen MR) is 109 cm³/mol. The Hall–Kier alpha value is -1.43. The summed E-state index contributed by atoms with van der Waals surface area (Å²) in [5, 5.41) is 10.1. The van der Waals surface area contributed by atoms with Crippen molar-refractivity contribution in [1.82, 2.24) is 0 Å². The molecule has 0 saturated heterocycles. The molecule has 0 aliphatic rings. The molecule has 0 fully saturated rings. The van der Waals surface area contributed by atoms with E-state index in [1.807, 2.05) is 0 Å². The molecule has 0 amide bonds. The predicted octanol–water partition coefficient (Wildman–Crippen LogP) is 4.36. The first-order valence-electron chi connectivity index (χ1n) is 11.0. The van der Waals surface area contributed by atoms with E-state index in [1.54, 1.807) is 0 Å². The molecule has 0 saturated carbocycles. The first-order valence-corrected chi connectivity index (χ1v) is 11.0. The van der Waals surface area contributed by atoms with Crippen LogP contribution in [0.5, 0.6) is 0 Å². The van der Waals surface area contributed by atoms with Crippen LogP contribution in [0.2, 0.25) is 0 Å². The van der Waals surface area contributed by atoms with Gasteiger partial charge in [-0.15, -0.1) is 0 Å². The van der Waals surface area contributed by atoms with Gasteiger partial charge in [-0.05, 0) is 19.8 Å². The van der Waals surface area contributed by atoms with Crippen LogP contribution in [0.4, 0.5) is 0 Å². The van der Waals surface area contributed by atoms with Gasteiger partial charge in [0.25, 0.3) is 0 Å². The van der Waals surface area contributed by atoms with Gasteiger partial charge in [-0.1, -0.05) is 78.1 Å². The third-order valence-electron chi connectivity index (χ3n) is 4.73. The number of aliphatic hydroxyl groups excluding tert-OH is 1. The number of rotatable bonds is 18. The van der Waals surface area contributed by atoms with Crippen LogP contribution in [-0.4, -0.2) is 42.1 Å². The van der Waals surface area contributed by atoms with Gasteiger partial charge in [-0.2, -0.15) is 0 Å². The molecule has 0 aliphatic carbocycles. The Morgan fingerprint density at radius 2 is 1.07 bits per heavy atom. The van der Waals surface area contributed by atoms with Crippen molar-refractivity contribution >= 4 is 17.7 Å². The summed E-state index contributed by atoms with van der Waals surface area (Å²) in [5.41, 5.74) is 0. The average molecular weight is 401 g/mol. The monoisotopic (exact) mass is 400 g/mol. The molecule has 1 N–H and O–H groups in total. The Balaban J connectivity index is 4.17. The lowest BCUT2D eigenvalue weighted by atomic mass is 9.98. The summed E-state index contributed by atoms with van der Waals surface area (Å²) < 4.78 is 10.1. The van der Waals surface area contributed by atoms with Crippen LogP contribution >= 0.6 is 0 Å². The van der Waals surface area contributed by atoms with Crippen molar-refractivity contribution in [3.8, 4) is 0 Å². The molecule has 0 bridgehead atoms. The Kier molecular flexibility index (Phi) is 16.8. The first kappa shape index (κ1) is 26.6. The quantitative estimate of drug-likeness (QED) is 0.209. The minimum Gasteiger partial charge on any atom is -0.465 e. The summed E-state index contributed by atoms with van der Waals surface area (Å²) in [6.07, 6.45) is 10.7. The topological polar surface area (TPSA) is 89.9 Å². The van der Waals surface area contributed by atoms with Crippen molar-refractivity contribution in [3.63, 3.8) is 0 Å². The number of ketones is 1. The molecule has 0 heterocycles. The summed E-state index contributed by atoms with van der Waals surface area (Å²) in [7, 11) is 0. The zero-order valence-electron chi connectivity index (χ0n) is 18.0. The molecular weight excluding hydrogens is 360 g/mol. The Bertz CT molecular complexity index is 435. The molecule has 2 atom stereocenters. The van der Waals surface area contributed by atoms with E-state index in [4.69, 9.17) is 9.47 Å². The van der Waals surface area contributed by atoms with Crippen molar-refractivity contribution in [1.29, 1.82) is 0 Å². The van der Waals surface area contributed by atoms with Gasteiger partial charge >= 0.3 is 11.9 Å². The van der Waals surface area contributed by atoms with Crippen LogP contribution < -0.4 is 0 Å². The third kappa shape index (κ3) is 12.9. The van der Waals surface area contributed by atoms with E-state index in [-0.39, 0.29) is 13.2 Å². The second-order valence-corrected chi connectivity index (χ2v) is 7.40. The van der Waals surface area contributed by atoms with Crippen LogP contribution in [0.15, 0.2) is 0 Å². The minimum atomic E-state index is -1.81. The van der Waals surface area contributed by atoms with Crippen LogP contribution in [0.1, 0.15) is 97.8 Å². The smallest absolute Gasteiger partial charge is 0.336 e. The highest BCUT2D eigenvalue weighted by atomic mass is 16.6. The highest BCUT2D eigenvalue weighted by Gasteiger charge is 2.38. The largest absolute Gasteiger partial charge is 0.465 e. The second-order valence-electron chi connectivity index (χ2n) is 7.40. The number of Topliss-reactive ketones (excluding diaryl/α,β-unsaturated/α-hetero) is 1. The number of hydrogen-bond acceptors (Lipinski definition) is 6. The number of carbonyl (C=O) groups excluding carboxylic acids is 3. The van der Waals surface area contributed by atoms with Gasteiger partial charge in [0.1, 0.15) is 5.78 Å². The Morgan fingerprint density at radius 3 is 1.50 bits per heavy atom. The summed E-state index contributed by atoms with van der Waals surface area (Å²) in [6.45, 7) is 5.83. The molecule has 6 heteroatoms. The van der Waals surface area contributed by atoms with Crippen molar-refractivity contribution in [2.45, 2.75) is 104 Å². The van der Waals surface area contributed by atoms with E-state index in [1.165, 1.54) is 32.6 Å². The fourth-order valence-electron chi connectivity index (χ4n) is 2.94. The van der Waals surface area contributed by atoms with Crippen LogP contribution in [0.3, 0.4) is 0 Å². The summed E-state index contributed by atoms with van der Waals surface area (Å²) in [5.74, 6) is -3.91. The minimum absolute atomic E-state index is 0.180. The molecule has 0 aromatic heterocycles. The molecule has 0 aromatic rings. The molecule has 0 aliphatic heterocycles. The lowest BCUT2D eigenvalue weighted by Gasteiger charge is -2.18. The summed E-state index contributed by atoms with van der Waals surface area (Å²) >= 11 is 0. The molecule has 6 nitrogen and oxygen atoms in total. The molecule has 1 unspecified atom stereocenters. The van der Waals surface area contributed by atoms with Gasteiger partial charge in [0.05, 0.1) is 13.2 Å². The number of hydrogen-bond donors (Lipinski definition) is 1. The number of unbranched alkanes of at least 4 members (excludes halogenated alkanes) is 10. The standard InChI is InChI=1S/C22H40O6/c1-4-6-8-10-12-14-16-27-21(25)19(18(3)23)20(24)22(26)28-17-15-13-11-9-7-5-2/h19-20,24H,4-17H2,1-3H3/t19?,20-/m1/s1. The highest BCUT2D eigenvalue weighted by Crippen LogP contribution is 2.13. The lowest BCUT2D eigenvalue weighted by molar-refractivity contribution is -0.169. The fraction of sp³-hybridized carbons (Fsp3) is 0.864. The van der Waals surface area contributed by atoms with Crippen LogP contribution in [-0.2, 0) is 23.9 Å². The average Bonchev–Trinajstić information content (AvgIpc) is 2.66. The molecule has 0 spiro atoms. The Morgan fingerprint density at radius 1 is 0.679 bits per heavy atom. The van der Waals surface area contributed by atoms with Crippen molar-refractivity contribution in [3.05, 3.63) is 0 Å². The highest BCUT2D eigenvalue weighted by molar-refractivity contribution is 6.02. The van der Waals surface area contributed by atoms with E-state index >= 15 is 0 Å². The van der Waals surface area contributed by atoms with Crippen molar-refractivity contribution in [2.24, 2.45) is 5.92 Å². The van der Waals surface area contributed by atoms with Gasteiger partial charge < -0.3 is 14.6 Å². The Labute approximate surface area is 170 Å². The van der Waals surface area contributed by atoms with E-state index in [9.17, 15) is 19.5 Å². The van der Waals surface area contributed by atoms with Gasteiger partial charge in [-0.25, -0.2) is 4.79 Å². The molecule has 0 aromatic carbocycles. The SMILES string of the molecule is CCCCCCCCOC(=O)C(C(C)=O)[C@@H](O)C(=O)OCCCCCCCC. The lowest BCUT2D eigenvalue weighted by Crippen LogP contribution is -2.41. The fourth-order valence-corrected chi connectivity index (χ4v) is 2.94. The van der Waals surface area contributed by atoms with Crippen LogP contribution in [0.25, 0.3) is 0 Å². The van der Waals surface area contributed by atoms with E-state index in [0.29, 0.717) is 12.8 Å². The maximum Gasteiger partial charge on any atom is 0.336 e. The summed E-state index contributed by atoms with van der Waals surface area (Å²) in [6, 6.07) is 0. The second kappa shape index (κ2) is 17.7. The van der Waals surface area contributed by atoms with E-state index in [2.05, 4.69) is 13.8 Å². The molecule has 164 valence electrons. The third-order valence-corrected chi connectivity index (χ3v) is 4.73. The van der Waals surface area contributed by atoms with Crippen LogP contribution in [0, 0.1) is 5.92 Å². The normalized spacial score (nSPS) is 13.0. The number of ether oxygens (including phenoxy) is 2. The zero-order valence-corrected chi connectivity index (χ0v) is 18.0. The molecule has 0 rings (SSSR count). The number of esters is 2.